The van der Waals surface area contributed by atoms with E-state index in [1.165, 1.54) is 12.1 Å². The van der Waals surface area contributed by atoms with Crippen LogP contribution in [0.3, 0.4) is 0 Å². The van der Waals surface area contributed by atoms with Crippen molar-refractivity contribution in [1.82, 2.24) is 10.2 Å². The van der Waals surface area contributed by atoms with Gasteiger partial charge in [-0.3, -0.25) is 4.79 Å². The maximum Gasteiger partial charge on any atom is 0.416 e. The first kappa shape index (κ1) is 15.7. The van der Waals surface area contributed by atoms with Gasteiger partial charge in [-0.1, -0.05) is 0 Å². The molecule has 0 aliphatic carbocycles. The fraction of sp³-hybridized carbons (Fsp3) is 0.250. The van der Waals surface area contributed by atoms with Crippen molar-refractivity contribution in [2.24, 2.45) is 0 Å². The first-order valence-electron chi connectivity index (χ1n) is 5.48. The van der Waals surface area contributed by atoms with Gasteiger partial charge in [-0.25, -0.2) is 0 Å². The molecular weight excluding hydrogens is 277 g/mol. The van der Waals surface area contributed by atoms with Gasteiger partial charge < -0.3 is 9.15 Å². The predicted molar refractivity (Wildman–Crippen MR) is 62.4 cm³/mol. The summed E-state index contributed by atoms with van der Waals surface area (Å²) in [6.07, 6.45) is -3.21. The smallest absolute Gasteiger partial charge is 0.416 e. The summed E-state index contributed by atoms with van der Waals surface area (Å²) in [7, 11) is 0. The molecular formula is C12H11F3N2O3. The lowest BCUT2D eigenvalue weighted by Gasteiger charge is -2.05. The van der Waals surface area contributed by atoms with Gasteiger partial charge in [0.05, 0.1) is 12.2 Å². The fourth-order valence-corrected chi connectivity index (χ4v) is 1.17. The molecule has 1 aromatic carbocycles. The fourth-order valence-electron chi connectivity index (χ4n) is 1.17. The Bertz CT molecular complexity index is 510. The molecule has 0 fully saturated rings. The van der Waals surface area contributed by atoms with Crippen LogP contribution >= 0.6 is 0 Å². The van der Waals surface area contributed by atoms with E-state index in [1.54, 1.807) is 6.92 Å². The number of carbonyl (C=O) groups excluding carboxylic acids is 1. The highest BCUT2D eigenvalue weighted by atomic mass is 19.4. The zero-order chi connectivity index (χ0) is 15.0. The summed E-state index contributed by atoms with van der Waals surface area (Å²) in [6, 6.07) is 4.52. The molecule has 0 unspecified atom stereocenters. The number of hydrogen-bond donors (Lipinski definition) is 0. The Morgan fingerprint density at radius 3 is 2.30 bits per heavy atom. The van der Waals surface area contributed by atoms with Crippen molar-refractivity contribution in [3.63, 3.8) is 0 Å². The van der Waals surface area contributed by atoms with Crippen LogP contribution in [0, 0.1) is 0 Å². The van der Waals surface area contributed by atoms with Crippen LogP contribution < -0.4 is 0 Å². The van der Waals surface area contributed by atoms with Crippen LogP contribution in [0.5, 0.6) is 0 Å². The second-order valence-electron chi connectivity index (χ2n) is 3.37. The molecule has 0 radical (unpaired) electrons. The SMILES string of the molecule is CCOC=O.FC(F)(F)c1ccc(-c2nnco2)cc1. The van der Waals surface area contributed by atoms with Gasteiger partial charge in [0.2, 0.25) is 12.3 Å². The van der Waals surface area contributed by atoms with Gasteiger partial charge in [0.15, 0.2) is 0 Å². The maximum absolute atomic E-state index is 12.2. The van der Waals surface area contributed by atoms with E-state index in [4.69, 9.17) is 4.42 Å². The minimum atomic E-state index is -4.33. The summed E-state index contributed by atoms with van der Waals surface area (Å²) in [5.41, 5.74) is -0.244. The monoisotopic (exact) mass is 288 g/mol. The highest BCUT2D eigenvalue weighted by Gasteiger charge is 2.30. The van der Waals surface area contributed by atoms with E-state index in [1.807, 2.05) is 0 Å². The standard InChI is InChI=1S/C9H5F3N2O.C3H6O2/c10-9(11,12)7-3-1-6(2-4-7)8-14-13-5-15-8;1-2-5-3-4/h1-5H;3H,2H2,1H3. The number of nitrogens with zero attached hydrogens (tertiary/aromatic N) is 2. The molecule has 108 valence electrons. The summed E-state index contributed by atoms with van der Waals surface area (Å²) >= 11 is 0. The van der Waals surface area contributed by atoms with Gasteiger partial charge >= 0.3 is 6.18 Å². The lowest BCUT2D eigenvalue weighted by molar-refractivity contribution is -0.137. The van der Waals surface area contributed by atoms with E-state index in [-0.39, 0.29) is 5.89 Å². The van der Waals surface area contributed by atoms with Gasteiger partial charge in [0, 0.05) is 5.56 Å². The zero-order valence-corrected chi connectivity index (χ0v) is 10.4. The summed E-state index contributed by atoms with van der Waals surface area (Å²) in [6.45, 7) is 2.66. The van der Waals surface area contributed by atoms with Crippen molar-refractivity contribution in [2.75, 3.05) is 6.61 Å². The molecule has 1 aromatic heterocycles. The first-order chi connectivity index (χ1) is 9.49. The third-order valence-corrected chi connectivity index (χ3v) is 2.05. The maximum atomic E-state index is 12.2. The largest absolute Gasteiger partial charge is 0.468 e. The highest BCUT2D eigenvalue weighted by molar-refractivity contribution is 5.52. The van der Waals surface area contributed by atoms with E-state index < -0.39 is 11.7 Å². The van der Waals surface area contributed by atoms with Crippen molar-refractivity contribution >= 4 is 6.47 Å². The van der Waals surface area contributed by atoms with E-state index in [2.05, 4.69) is 14.9 Å². The van der Waals surface area contributed by atoms with Crippen molar-refractivity contribution in [3.05, 3.63) is 36.2 Å². The molecule has 0 saturated carbocycles. The predicted octanol–water partition coefficient (Wildman–Crippen LogP) is 2.93. The Balaban J connectivity index is 0.000000347. The minimum Gasteiger partial charge on any atom is -0.468 e. The van der Waals surface area contributed by atoms with Crippen molar-refractivity contribution < 1.29 is 27.1 Å². The van der Waals surface area contributed by atoms with E-state index >= 15 is 0 Å². The summed E-state index contributed by atoms with van der Waals surface area (Å²) in [4.78, 5) is 9.18. The van der Waals surface area contributed by atoms with Gasteiger partial charge in [-0.05, 0) is 31.2 Å². The number of alkyl halides is 3. The van der Waals surface area contributed by atoms with Crippen LogP contribution in [0.15, 0.2) is 35.1 Å². The van der Waals surface area contributed by atoms with Crippen molar-refractivity contribution in [2.45, 2.75) is 13.1 Å². The number of aromatic nitrogens is 2. The molecule has 1 heterocycles. The third-order valence-electron chi connectivity index (χ3n) is 2.05. The van der Waals surface area contributed by atoms with Crippen LogP contribution in [-0.4, -0.2) is 23.3 Å². The molecule has 0 bridgehead atoms. The Morgan fingerprint density at radius 1 is 1.30 bits per heavy atom. The molecule has 2 aromatic rings. The van der Waals surface area contributed by atoms with Crippen LogP contribution in [0.4, 0.5) is 13.2 Å². The van der Waals surface area contributed by atoms with Gasteiger partial charge in [0.1, 0.15) is 0 Å². The molecule has 20 heavy (non-hydrogen) atoms. The average Bonchev–Trinajstić information content (AvgIpc) is 2.93. The van der Waals surface area contributed by atoms with E-state index in [0.29, 0.717) is 18.6 Å². The van der Waals surface area contributed by atoms with Gasteiger partial charge in [-0.15, -0.1) is 10.2 Å². The average molecular weight is 288 g/mol. The van der Waals surface area contributed by atoms with Crippen LogP contribution in [0.2, 0.25) is 0 Å². The van der Waals surface area contributed by atoms with Crippen LogP contribution in [0.1, 0.15) is 12.5 Å². The van der Waals surface area contributed by atoms with Crippen molar-refractivity contribution in [3.8, 4) is 11.5 Å². The normalized spacial score (nSPS) is 10.4. The Hall–Kier alpha value is -2.38. The summed E-state index contributed by atoms with van der Waals surface area (Å²) in [5.74, 6) is 0.198. The highest BCUT2D eigenvalue weighted by Crippen LogP contribution is 2.30. The molecule has 0 aliphatic rings. The Morgan fingerprint density at radius 2 is 1.95 bits per heavy atom. The lowest BCUT2D eigenvalue weighted by Crippen LogP contribution is -2.03. The second kappa shape index (κ2) is 7.27. The molecule has 0 saturated heterocycles. The second-order valence-corrected chi connectivity index (χ2v) is 3.37. The molecule has 0 amide bonds. The van der Waals surface area contributed by atoms with Gasteiger partial charge in [-0.2, -0.15) is 13.2 Å². The Kier molecular flexibility index (Phi) is 5.70. The van der Waals surface area contributed by atoms with Crippen LogP contribution in [-0.2, 0) is 15.7 Å². The number of rotatable bonds is 3. The topological polar surface area (TPSA) is 65.2 Å². The number of hydrogen-bond acceptors (Lipinski definition) is 5. The van der Waals surface area contributed by atoms with Gasteiger partial charge in [0.25, 0.3) is 6.47 Å². The van der Waals surface area contributed by atoms with Crippen LogP contribution in [0.25, 0.3) is 11.5 Å². The molecule has 2 rings (SSSR count). The number of halogens is 3. The summed E-state index contributed by atoms with van der Waals surface area (Å²) in [5, 5.41) is 7.01. The molecule has 0 N–H and O–H groups in total. The lowest BCUT2D eigenvalue weighted by atomic mass is 10.1. The van der Waals surface area contributed by atoms with E-state index in [9.17, 15) is 18.0 Å². The molecule has 0 atom stereocenters. The summed E-state index contributed by atoms with van der Waals surface area (Å²) < 4.78 is 45.6. The number of benzene rings is 1. The number of carbonyl (C=O) groups is 1. The quantitative estimate of drug-likeness (QED) is 0.812. The zero-order valence-electron chi connectivity index (χ0n) is 10.4. The van der Waals surface area contributed by atoms with E-state index in [0.717, 1.165) is 18.5 Å². The molecule has 5 nitrogen and oxygen atoms in total. The van der Waals surface area contributed by atoms with Crippen molar-refractivity contribution in [1.29, 1.82) is 0 Å². The molecule has 0 spiro atoms. The first-order valence-corrected chi connectivity index (χ1v) is 5.48. The third kappa shape index (κ3) is 4.71. The Labute approximate surface area is 112 Å². The molecule has 8 heteroatoms. The minimum absolute atomic E-state index is 0.198. The molecule has 0 aliphatic heterocycles. The number of ether oxygens (including phenoxy) is 1.